The third-order valence-corrected chi connectivity index (χ3v) is 21.5. The van der Waals surface area contributed by atoms with Crippen LogP contribution in [0.15, 0.2) is 82.4 Å². The van der Waals surface area contributed by atoms with E-state index in [1.54, 1.807) is 89.2 Å². The number of H-pyrrole nitrogens is 2. The summed E-state index contributed by atoms with van der Waals surface area (Å²) >= 11 is 0. The number of halogens is 6. The second kappa shape index (κ2) is 31.8. The van der Waals surface area contributed by atoms with Crippen LogP contribution in [0.4, 0.5) is 53.9 Å². The largest absolute Gasteiger partial charge is 0.496 e. The summed E-state index contributed by atoms with van der Waals surface area (Å²) in [6.07, 6.45) is -5.55. The Labute approximate surface area is 618 Å². The molecule has 6 aliphatic heterocycles. The van der Waals surface area contributed by atoms with E-state index < -0.39 is 71.6 Å². The quantitative estimate of drug-likeness (QED) is 0.0502. The molecular weight excluding hydrogens is 1390 g/mol. The number of pyridine rings is 2. The Kier molecular flexibility index (Phi) is 23.4. The highest BCUT2D eigenvalue weighted by Crippen LogP contribution is 2.52. The molecule has 4 saturated heterocycles. The molecule has 22 nitrogen and oxygen atoms in total. The SMILES string of the molecule is CCN(c1cc(-c2ccc3c(c2)N(CC(F)(F)F)C(=O)C32CCN(C(=O)OC(C)(C)C)CC2)cc(C(=O)NCc2c(OC)cc(C)[nH]c2=O)c1C)C1CCOCC1.CCN(c1cc(-c2ccc3c(c2)N(CC(F)(F)F)C(=O)C32CCNCC2)cc(C(=O)NCc2c(OC)cc(C)[nH]c2=O)c1C)C1CCOCC1. The van der Waals surface area contributed by atoms with Crippen LogP contribution in [-0.4, -0.2) is 168 Å². The fraction of sp³-hybridized carbons (Fsp3) is 0.506. The number of anilines is 4. The zero-order chi connectivity index (χ0) is 77.2. The number of nitrogens with one attached hydrogen (secondary N) is 5. The number of fused-ring (bicyclic) bond motifs is 4. The standard InChI is InChI=1S/C42H52F3N5O7.C37H44F3N5O5/c1-8-49(29-11-17-56-18-12-29)33-22-28(20-30(26(33)3)36(51)46-23-31-35(55-7)19-25(2)47-37(31)52)27-9-10-32-34(21-27)50(24-42(43,44)45)38(53)41(32)13-15-48(16-14-41)39(54)57-40(4,5)6;1-5-44(26-8-14-50-15-9-26)30-19-25(17-27(23(30)3)33(46)42-20-28-32(49-4)16-22(2)43-34(28)47)24-6-7-29-31(18-24)45(21-37(38,39)40)35(48)36(29)10-12-41-13-11-36/h9-10,19-22,29H,8,11-18,23-24H2,1-7H3,(H,46,51)(H,47,52);6-7,16-19,26,41H,5,8-15,20-21H2,1-4H3,(H,42,46)(H,43,47). The third kappa shape index (κ3) is 16.7. The normalized spacial score (nSPS) is 17.3. The Bertz CT molecular complexity index is 4470. The molecule has 0 saturated carbocycles. The number of ether oxygens (including phenoxy) is 5. The van der Waals surface area contributed by atoms with Gasteiger partial charge in [0.1, 0.15) is 30.2 Å². The van der Waals surface area contributed by atoms with Crippen LogP contribution in [0.2, 0.25) is 0 Å². The van der Waals surface area contributed by atoms with Gasteiger partial charge in [0.05, 0.1) is 49.3 Å². The third-order valence-electron chi connectivity index (χ3n) is 21.5. The first kappa shape index (κ1) is 78.7. The van der Waals surface area contributed by atoms with Gasteiger partial charge in [-0.3, -0.25) is 28.8 Å². The van der Waals surface area contributed by atoms with Gasteiger partial charge in [-0.1, -0.05) is 24.3 Å². The lowest BCUT2D eigenvalue weighted by molar-refractivity contribution is -0.135. The number of rotatable bonds is 18. The number of hydrogen-bond donors (Lipinski definition) is 5. The molecule has 6 aliphatic rings. The van der Waals surface area contributed by atoms with E-state index in [2.05, 4.69) is 35.7 Å². The van der Waals surface area contributed by atoms with Crippen molar-refractivity contribution in [2.24, 2.45) is 0 Å². The molecule has 4 aromatic carbocycles. The summed E-state index contributed by atoms with van der Waals surface area (Å²) in [6, 6.07) is 21.4. The van der Waals surface area contributed by atoms with Crippen molar-refractivity contribution in [1.82, 2.24) is 30.8 Å². The fourth-order valence-electron chi connectivity index (χ4n) is 16.2. The van der Waals surface area contributed by atoms with Gasteiger partial charge in [-0.05, 0) is 220 Å². The zero-order valence-corrected chi connectivity index (χ0v) is 62.5. The Hall–Kier alpha value is -9.41. The van der Waals surface area contributed by atoms with E-state index in [9.17, 15) is 59.9 Å². The number of likely N-dealkylation sites (tertiary alicyclic amines) is 1. The van der Waals surface area contributed by atoms with E-state index >= 15 is 0 Å². The minimum atomic E-state index is -4.68. The maximum atomic E-state index is 14.2. The maximum Gasteiger partial charge on any atom is 0.410 e. The van der Waals surface area contributed by atoms with E-state index in [4.69, 9.17) is 23.7 Å². The Balaban J connectivity index is 0.000000215. The van der Waals surface area contributed by atoms with Crippen molar-refractivity contribution >= 4 is 52.5 Å². The summed E-state index contributed by atoms with van der Waals surface area (Å²) in [5, 5.41) is 9.00. The van der Waals surface area contributed by atoms with Crippen LogP contribution in [0.5, 0.6) is 11.5 Å². The molecule has 12 rings (SSSR count). The predicted octanol–water partition coefficient (Wildman–Crippen LogP) is 11.9. The molecule has 576 valence electrons. The lowest BCUT2D eigenvalue weighted by Crippen LogP contribution is -2.51. The minimum Gasteiger partial charge on any atom is -0.496 e. The molecule has 28 heteroatoms. The molecule has 0 aliphatic carbocycles. The van der Waals surface area contributed by atoms with E-state index in [1.807, 2.05) is 45.9 Å². The summed E-state index contributed by atoms with van der Waals surface area (Å²) in [7, 11) is 2.91. The van der Waals surface area contributed by atoms with Gasteiger partial charge in [-0.25, -0.2) is 4.79 Å². The van der Waals surface area contributed by atoms with Gasteiger partial charge in [0.15, 0.2) is 0 Å². The number of aromatic nitrogens is 2. The summed E-state index contributed by atoms with van der Waals surface area (Å²) in [6.45, 7) is 18.5. The molecule has 0 atom stereocenters. The first-order chi connectivity index (χ1) is 50.7. The first-order valence-electron chi connectivity index (χ1n) is 36.6. The van der Waals surface area contributed by atoms with E-state index in [-0.39, 0.29) is 84.7 Å². The molecule has 6 aromatic rings. The number of carbonyl (C=O) groups excluding carboxylic acids is 5. The Morgan fingerprint density at radius 1 is 0.561 bits per heavy atom. The Morgan fingerprint density at radius 2 is 0.953 bits per heavy atom. The number of amides is 5. The molecule has 0 bridgehead atoms. The molecular formula is C79H96F6N10O12. The molecule has 5 N–H and O–H groups in total. The molecule has 107 heavy (non-hydrogen) atoms. The van der Waals surface area contributed by atoms with Gasteiger partial charge < -0.3 is 74.1 Å². The van der Waals surface area contributed by atoms with Gasteiger partial charge in [-0.15, -0.1) is 0 Å². The summed E-state index contributed by atoms with van der Waals surface area (Å²) in [4.78, 5) is 108. The monoisotopic (exact) mass is 1490 g/mol. The number of piperidine rings is 2. The van der Waals surface area contributed by atoms with Crippen molar-refractivity contribution in [3.05, 3.63) is 149 Å². The number of aromatic amines is 2. The maximum absolute atomic E-state index is 14.2. The Morgan fingerprint density at radius 3 is 1.32 bits per heavy atom. The van der Waals surface area contributed by atoms with Gasteiger partial charge in [0.2, 0.25) is 11.8 Å². The molecule has 8 heterocycles. The average molecular weight is 1490 g/mol. The molecule has 0 unspecified atom stereocenters. The number of carbonyl (C=O) groups is 5. The number of hydrogen-bond acceptors (Lipinski definition) is 15. The van der Waals surface area contributed by atoms with Gasteiger partial charge >= 0.3 is 18.4 Å². The lowest BCUT2D eigenvalue weighted by Gasteiger charge is -2.39. The average Bonchev–Trinajstić information content (AvgIpc) is 1.58. The molecule has 4 fully saturated rings. The highest BCUT2D eigenvalue weighted by Gasteiger charge is 2.56. The smallest absolute Gasteiger partial charge is 0.410 e. The number of methoxy groups -OCH3 is 2. The second-order valence-electron chi connectivity index (χ2n) is 29.5. The molecule has 2 aromatic heterocycles. The zero-order valence-electron chi connectivity index (χ0n) is 62.5. The first-order valence-corrected chi connectivity index (χ1v) is 36.6. The summed E-state index contributed by atoms with van der Waals surface area (Å²) in [5.41, 5.74) is 5.52. The van der Waals surface area contributed by atoms with Crippen molar-refractivity contribution in [2.75, 3.05) is 113 Å². The van der Waals surface area contributed by atoms with Crippen LogP contribution in [0.3, 0.4) is 0 Å². The van der Waals surface area contributed by atoms with Crippen molar-refractivity contribution in [1.29, 1.82) is 0 Å². The topological polar surface area (TPSA) is 250 Å². The van der Waals surface area contributed by atoms with Crippen molar-refractivity contribution < 1.29 is 74.0 Å². The van der Waals surface area contributed by atoms with Crippen LogP contribution in [0.25, 0.3) is 22.3 Å². The molecule has 0 radical (unpaired) electrons. The van der Waals surface area contributed by atoms with Crippen LogP contribution < -0.4 is 56.1 Å². The fourth-order valence-corrected chi connectivity index (χ4v) is 16.2. The summed E-state index contributed by atoms with van der Waals surface area (Å²) < 4.78 is 112. The highest BCUT2D eigenvalue weighted by atomic mass is 19.4. The molecule has 5 amide bonds. The predicted molar refractivity (Wildman–Crippen MR) is 395 cm³/mol. The van der Waals surface area contributed by atoms with Crippen molar-refractivity contribution in [3.63, 3.8) is 0 Å². The summed E-state index contributed by atoms with van der Waals surface area (Å²) in [5.74, 6) is -1.35. The lowest BCUT2D eigenvalue weighted by atomic mass is 9.73. The van der Waals surface area contributed by atoms with Crippen molar-refractivity contribution in [3.8, 4) is 33.8 Å². The van der Waals surface area contributed by atoms with Crippen LogP contribution in [-0.2, 0) is 47.7 Å². The number of nitrogens with zero attached hydrogens (tertiary/aromatic N) is 5. The van der Waals surface area contributed by atoms with Gasteiger partial charge in [-0.2, -0.15) is 26.3 Å². The minimum absolute atomic E-state index is 0.0849. The van der Waals surface area contributed by atoms with Gasteiger partial charge in [0.25, 0.3) is 22.9 Å². The molecule has 2 spiro atoms. The van der Waals surface area contributed by atoms with Crippen LogP contribution in [0.1, 0.15) is 151 Å². The van der Waals surface area contributed by atoms with E-state index in [0.29, 0.717) is 138 Å². The number of benzene rings is 4. The van der Waals surface area contributed by atoms with E-state index in [0.717, 1.165) is 52.4 Å². The van der Waals surface area contributed by atoms with Crippen molar-refractivity contribution in [2.45, 2.75) is 168 Å². The van der Waals surface area contributed by atoms with E-state index in [1.165, 1.54) is 19.1 Å². The van der Waals surface area contributed by atoms with Crippen LogP contribution >= 0.6 is 0 Å². The second-order valence-corrected chi connectivity index (χ2v) is 29.5. The van der Waals surface area contributed by atoms with Gasteiger partial charge in [0, 0.05) is 110 Å². The number of alkyl halides is 6. The highest BCUT2D eigenvalue weighted by molar-refractivity contribution is 6.10. The van der Waals surface area contributed by atoms with Crippen LogP contribution in [0, 0.1) is 27.7 Å². The number of aryl methyl sites for hydroxylation is 2.